The SMILES string of the molecule is CCOc1ncnc(Sc2ccc(F)c(F)c2)c1N. The number of hydrogen-bond donors (Lipinski definition) is 1. The van der Waals surface area contributed by atoms with Crippen molar-refractivity contribution in [1.29, 1.82) is 0 Å². The normalized spacial score (nSPS) is 10.5. The first-order valence-corrected chi connectivity index (χ1v) is 6.29. The molecule has 0 aliphatic carbocycles. The Balaban J connectivity index is 2.27. The van der Waals surface area contributed by atoms with Gasteiger partial charge in [0.15, 0.2) is 11.6 Å². The van der Waals surface area contributed by atoms with E-state index in [2.05, 4.69) is 9.97 Å². The van der Waals surface area contributed by atoms with Gasteiger partial charge in [0.2, 0.25) is 5.88 Å². The van der Waals surface area contributed by atoms with E-state index in [1.54, 1.807) is 0 Å². The van der Waals surface area contributed by atoms with Crippen molar-refractivity contribution < 1.29 is 13.5 Å². The summed E-state index contributed by atoms with van der Waals surface area (Å²) in [6.45, 7) is 2.24. The van der Waals surface area contributed by atoms with Crippen LogP contribution in [0.25, 0.3) is 0 Å². The zero-order chi connectivity index (χ0) is 13.8. The van der Waals surface area contributed by atoms with Crippen molar-refractivity contribution in [3.63, 3.8) is 0 Å². The molecule has 19 heavy (non-hydrogen) atoms. The number of benzene rings is 1. The van der Waals surface area contributed by atoms with E-state index in [4.69, 9.17) is 10.5 Å². The third-order valence-corrected chi connectivity index (χ3v) is 3.21. The van der Waals surface area contributed by atoms with Crippen molar-refractivity contribution in [2.24, 2.45) is 0 Å². The first-order chi connectivity index (χ1) is 9.11. The van der Waals surface area contributed by atoms with Crippen LogP contribution in [0.3, 0.4) is 0 Å². The summed E-state index contributed by atoms with van der Waals surface area (Å²) in [4.78, 5) is 8.39. The maximum absolute atomic E-state index is 13.1. The molecule has 0 spiro atoms. The smallest absolute Gasteiger partial charge is 0.241 e. The Morgan fingerprint density at radius 3 is 2.74 bits per heavy atom. The van der Waals surface area contributed by atoms with Gasteiger partial charge in [-0.15, -0.1) is 0 Å². The standard InChI is InChI=1S/C12H11F2N3OS/c1-2-18-11-10(15)12(17-6-16-11)19-7-3-4-8(13)9(14)5-7/h3-6H,2,15H2,1H3. The van der Waals surface area contributed by atoms with Crippen LogP contribution < -0.4 is 10.5 Å². The minimum atomic E-state index is -0.914. The van der Waals surface area contributed by atoms with Crippen LogP contribution in [0.5, 0.6) is 5.88 Å². The Labute approximate surface area is 113 Å². The summed E-state index contributed by atoms with van der Waals surface area (Å²) < 4.78 is 31.2. The summed E-state index contributed by atoms with van der Waals surface area (Å²) >= 11 is 1.11. The molecule has 0 amide bonds. The predicted octanol–water partition coefficient (Wildman–Crippen LogP) is 2.89. The van der Waals surface area contributed by atoms with Crippen molar-refractivity contribution >= 4 is 17.4 Å². The van der Waals surface area contributed by atoms with E-state index < -0.39 is 11.6 Å². The minimum Gasteiger partial charge on any atom is -0.476 e. The second-order valence-corrected chi connectivity index (χ2v) is 4.57. The lowest BCUT2D eigenvalue weighted by molar-refractivity contribution is 0.327. The highest BCUT2D eigenvalue weighted by molar-refractivity contribution is 7.99. The fourth-order valence-corrected chi connectivity index (χ4v) is 2.17. The van der Waals surface area contributed by atoms with Crippen molar-refractivity contribution in [2.45, 2.75) is 16.8 Å². The number of rotatable bonds is 4. The fraction of sp³-hybridized carbons (Fsp3) is 0.167. The minimum absolute atomic E-state index is 0.277. The number of hydrogen-bond acceptors (Lipinski definition) is 5. The molecule has 0 aliphatic rings. The van der Waals surface area contributed by atoms with Gasteiger partial charge in [-0.1, -0.05) is 11.8 Å². The monoisotopic (exact) mass is 283 g/mol. The van der Waals surface area contributed by atoms with Crippen LogP contribution >= 0.6 is 11.8 Å². The van der Waals surface area contributed by atoms with Crippen LogP contribution in [0.4, 0.5) is 14.5 Å². The molecular formula is C12H11F2N3OS. The Kier molecular flexibility index (Phi) is 4.16. The molecule has 1 heterocycles. The first kappa shape index (κ1) is 13.5. The van der Waals surface area contributed by atoms with Gasteiger partial charge in [-0.3, -0.25) is 0 Å². The molecule has 0 aliphatic heterocycles. The molecule has 0 unspecified atom stereocenters. The summed E-state index contributed by atoms with van der Waals surface area (Å²) in [5, 5.41) is 0.435. The number of aromatic nitrogens is 2. The number of ether oxygens (including phenoxy) is 1. The average Bonchev–Trinajstić information content (AvgIpc) is 2.39. The second kappa shape index (κ2) is 5.83. The van der Waals surface area contributed by atoms with Gasteiger partial charge in [0.25, 0.3) is 0 Å². The van der Waals surface area contributed by atoms with Gasteiger partial charge in [0.05, 0.1) is 6.61 Å². The number of nitrogens with two attached hydrogens (primary N) is 1. The Bertz CT molecular complexity index is 595. The van der Waals surface area contributed by atoms with E-state index in [1.165, 1.54) is 12.4 Å². The van der Waals surface area contributed by atoms with E-state index in [1.807, 2.05) is 6.92 Å². The van der Waals surface area contributed by atoms with Gasteiger partial charge >= 0.3 is 0 Å². The average molecular weight is 283 g/mol. The predicted molar refractivity (Wildman–Crippen MR) is 68.1 cm³/mol. The third-order valence-electron chi connectivity index (χ3n) is 2.20. The van der Waals surface area contributed by atoms with Crippen molar-refractivity contribution in [3.05, 3.63) is 36.2 Å². The van der Waals surface area contributed by atoms with Gasteiger partial charge in [0.1, 0.15) is 17.0 Å². The maximum atomic E-state index is 13.1. The van der Waals surface area contributed by atoms with Gasteiger partial charge in [-0.2, -0.15) is 4.98 Å². The summed E-state index contributed by atoms with van der Waals surface area (Å²) in [6.07, 6.45) is 1.31. The molecule has 4 nitrogen and oxygen atoms in total. The lowest BCUT2D eigenvalue weighted by Crippen LogP contribution is -2.02. The molecule has 0 saturated carbocycles. The zero-order valence-electron chi connectivity index (χ0n) is 10.1. The van der Waals surface area contributed by atoms with Gasteiger partial charge < -0.3 is 10.5 Å². The topological polar surface area (TPSA) is 61.0 Å². The van der Waals surface area contributed by atoms with E-state index in [0.29, 0.717) is 16.5 Å². The summed E-state index contributed by atoms with van der Waals surface area (Å²) in [6, 6.07) is 3.59. The Morgan fingerprint density at radius 1 is 1.26 bits per heavy atom. The van der Waals surface area contributed by atoms with Gasteiger partial charge in [-0.05, 0) is 25.1 Å². The molecule has 1 aromatic carbocycles. The van der Waals surface area contributed by atoms with Crippen molar-refractivity contribution in [1.82, 2.24) is 9.97 Å². The van der Waals surface area contributed by atoms with E-state index >= 15 is 0 Å². The molecule has 1 aromatic heterocycles. The molecule has 0 atom stereocenters. The molecule has 100 valence electrons. The Morgan fingerprint density at radius 2 is 2.05 bits per heavy atom. The molecular weight excluding hydrogens is 272 g/mol. The summed E-state index contributed by atoms with van der Waals surface area (Å²) in [5.41, 5.74) is 6.12. The largest absolute Gasteiger partial charge is 0.476 e. The van der Waals surface area contributed by atoms with Crippen molar-refractivity contribution in [2.75, 3.05) is 12.3 Å². The lowest BCUT2D eigenvalue weighted by atomic mass is 10.3. The quantitative estimate of drug-likeness (QED) is 0.874. The van der Waals surface area contributed by atoms with Crippen molar-refractivity contribution in [3.8, 4) is 5.88 Å². The highest BCUT2D eigenvalue weighted by Crippen LogP contribution is 2.34. The molecule has 0 bridgehead atoms. The molecule has 0 radical (unpaired) electrons. The van der Waals surface area contributed by atoms with E-state index in [9.17, 15) is 8.78 Å². The molecule has 2 aromatic rings. The number of nitrogens with zero attached hydrogens (tertiary/aromatic N) is 2. The fourth-order valence-electron chi connectivity index (χ4n) is 1.35. The number of anilines is 1. The van der Waals surface area contributed by atoms with Crippen LogP contribution in [-0.4, -0.2) is 16.6 Å². The number of nitrogen functional groups attached to an aromatic ring is 1. The summed E-state index contributed by atoms with van der Waals surface area (Å²) in [5.74, 6) is -1.53. The highest BCUT2D eigenvalue weighted by atomic mass is 32.2. The number of halogens is 2. The summed E-state index contributed by atoms with van der Waals surface area (Å²) in [7, 11) is 0. The molecule has 0 saturated heterocycles. The van der Waals surface area contributed by atoms with Crippen LogP contribution in [0.1, 0.15) is 6.92 Å². The van der Waals surface area contributed by atoms with E-state index in [0.717, 1.165) is 23.9 Å². The van der Waals surface area contributed by atoms with Crippen LogP contribution in [-0.2, 0) is 0 Å². The molecule has 2 rings (SSSR count). The molecule has 7 heteroatoms. The first-order valence-electron chi connectivity index (χ1n) is 5.48. The van der Waals surface area contributed by atoms with Gasteiger partial charge in [0, 0.05) is 4.90 Å². The van der Waals surface area contributed by atoms with Gasteiger partial charge in [-0.25, -0.2) is 13.8 Å². The van der Waals surface area contributed by atoms with Crippen LogP contribution in [0, 0.1) is 11.6 Å². The maximum Gasteiger partial charge on any atom is 0.241 e. The lowest BCUT2D eigenvalue weighted by Gasteiger charge is -2.08. The molecule has 0 fully saturated rings. The third kappa shape index (κ3) is 3.11. The highest BCUT2D eigenvalue weighted by Gasteiger charge is 2.11. The van der Waals surface area contributed by atoms with E-state index in [-0.39, 0.29) is 11.6 Å². The van der Waals surface area contributed by atoms with Crippen LogP contribution in [0.2, 0.25) is 0 Å². The second-order valence-electron chi connectivity index (χ2n) is 3.51. The molecule has 2 N–H and O–H groups in total. The van der Waals surface area contributed by atoms with Crippen LogP contribution in [0.15, 0.2) is 34.4 Å². The Hall–Kier alpha value is -1.89. The zero-order valence-corrected chi connectivity index (χ0v) is 10.9.